The fourth-order valence-corrected chi connectivity index (χ4v) is 2.84. The summed E-state index contributed by atoms with van der Waals surface area (Å²) < 4.78 is 17.9. The molecule has 4 rings (SSSR count). The monoisotopic (exact) mass is 376 g/mol. The first-order chi connectivity index (χ1) is 13.6. The van der Waals surface area contributed by atoms with Gasteiger partial charge < -0.3 is 9.88 Å². The average molecular weight is 376 g/mol. The molecular weight excluding hydrogens is 359 g/mol. The largest absolute Gasteiger partial charge is 0.348 e. The van der Waals surface area contributed by atoms with Crippen molar-refractivity contribution in [3.8, 4) is 11.5 Å². The minimum Gasteiger partial charge on any atom is -0.348 e. The number of amides is 1. The van der Waals surface area contributed by atoms with Crippen molar-refractivity contribution in [2.45, 2.75) is 13.5 Å². The van der Waals surface area contributed by atoms with Crippen LogP contribution in [-0.4, -0.2) is 30.0 Å². The number of carbonyl (C=O) groups excluding carboxylic acids is 1. The number of aryl methyl sites for hydroxylation is 1. The Morgan fingerprint density at radius 3 is 2.68 bits per heavy atom. The van der Waals surface area contributed by atoms with Gasteiger partial charge >= 0.3 is 0 Å². The minimum absolute atomic E-state index is 0.211. The van der Waals surface area contributed by atoms with Crippen LogP contribution in [0.15, 0.2) is 67.6 Å². The summed E-state index contributed by atoms with van der Waals surface area (Å²) in [5.41, 5.74) is 1.51. The number of aromatic nitrogens is 5. The molecule has 28 heavy (non-hydrogen) atoms. The Labute approximate surface area is 160 Å². The molecule has 140 valence electrons. The van der Waals surface area contributed by atoms with E-state index >= 15 is 0 Å². The van der Waals surface area contributed by atoms with Crippen LogP contribution >= 0.6 is 0 Å². The Morgan fingerprint density at radius 2 is 2.04 bits per heavy atom. The molecule has 0 spiro atoms. The SMILES string of the molecule is Cc1nccn1-c1ccc(CNC(=O)c2ccc(-n3ccnc3)nc2)cc1F. The van der Waals surface area contributed by atoms with E-state index in [0.717, 1.165) is 0 Å². The lowest BCUT2D eigenvalue weighted by molar-refractivity contribution is 0.0950. The molecule has 0 bridgehead atoms. The van der Waals surface area contributed by atoms with E-state index in [2.05, 4.69) is 20.3 Å². The predicted octanol–water partition coefficient (Wildman–Crippen LogP) is 2.83. The van der Waals surface area contributed by atoms with Crippen LogP contribution < -0.4 is 5.32 Å². The van der Waals surface area contributed by atoms with Crippen LogP contribution in [0.5, 0.6) is 0 Å². The smallest absolute Gasteiger partial charge is 0.253 e. The summed E-state index contributed by atoms with van der Waals surface area (Å²) in [6, 6.07) is 8.28. The van der Waals surface area contributed by atoms with Gasteiger partial charge in [0, 0.05) is 37.5 Å². The van der Waals surface area contributed by atoms with E-state index in [0.29, 0.717) is 28.5 Å². The molecule has 3 heterocycles. The molecule has 0 aliphatic carbocycles. The molecule has 0 aliphatic rings. The second-order valence-corrected chi connectivity index (χ2v) is 6.19. The maximum atomic E-state index is 14.4. The van der Waals surface area contributed by atoms with E-state index in [1.807, 2.05) is 0 Å². The Kier molecular flexibility index (Phi) is 4.67. The zero-order valence-corrected chi connectivity index (χ0v) is 15.1. The molecule has 1 aromatic carbocycles. The third-order valence-corrected chi connectivity index (χ3v) is 4.33. The quantitative estimate of drug-likeness (QED) is 0.581. The van der Waals surface area contributed by atoms with Gasteiger partial charge in [-0.1, -0.05) is 6.07 Å². The topological polar surface area (TPSA) is 77.6 Å². The molecule has 1 N–H and O–H groups in total. The first-order valence-corrected chi connectivity index (χ1v) is 8.63. The van der Waals surface area contributed by atoms with Gasteiger partial charge in [-0.05, 0) is 36.8 Å². The third kappa shape index (κ3) is 3.52. The summed E-state index contributed by atoms with van der Waals surface area (Å²) in [6.45, 7) is 2.02. The van der Waals surface area contributed by atoms with Gasteiger partial charge in [0.25, 0.3) is 5.91 Å². The number of hydrogen-bond acceptors (Lipinski definition) is 4. The maximum Gasteiger partial charge on any atom is 0.253 e. The van der Waals surface area contributed by atoms with Crippen LogP contribution in [0.1, 0.15) is 21.7 Å². The van der Waals surface area contributed by atoms with Crippen molar-refractivity contribution in [1.82, 2.24) is 29.4 Å². The van der Waals surface area contributed by atoms with E-state index < -0.39 is 0 Å². The highest BCUT2D eigenvalue weighted by molar-refractivity contribution is 5.93. The van der Waals surface area contributed by atoms with Gasteiger partial charge in [0.05, 0.1) is 11.3 Å². The van der Waals surface area contributed by atoms with Crippen LogP contribution in [-0.2, 0) is 6.54 Å². The number of benzene rings is 1. The Bertz CT molecular complexity index is 1100. The molecule has 0 radical (unpaired) electrons. The van der Waals surface area contributed by atoms with E-state index in [1.54, 1.807) is 71.4 Å². The fourth-order valence-electron chi connectivity index (χ4n) is 2.84. The van der Waals surface area contributed by atoms with Crippen molar-refractivity contribution in [1.29, 1.82) is 0 Å². The van der Waals surface area contributed by atoms with Gasteiger partial charge in [0.1, 0.15) is 23.8 Å². The van der Waals surface area contributed by atoms with Crippen LogP contribution in [0.4, 0.5) is 4.39 Å². The normalized spacial score (nSPS) is 10.8. The summed E-state index contributed by atoms with van der Waals surface area (Å²) in [6.07, 6.45) is 9.87. The van der Waals surface area contributed by atoms with Crippen LogP contribution in [0.2, 0.25) is 0 Å². The van der Waals surface area contributed by atoms with Gasteiger partial charge in [0.15, 0.2) is 0 Å². The van der Waals surface area contributed by atoms with Crippen molar-refractivity contribution in [3.63, 3.8) is 0 Å². The first kappa shape index (κ1) is 17.6. The first-order valence-electron chi connectivity index (χ1n) is 8.63. The van der Waals surface area contributed by atoms with Crippen LogP contribution in [0.25, 0.3) is 11.5 Å². The van der Waals surface area contributed by atoms with E-state index in [1.165, 1.54) is 12.3 Å². The number of carbonyl (C=O) groups is 1. The zero-order chi connectivity index (χ0) is 19.5. The summed E-state index contributed by atoms with van der Waals surface area (Å²) in [5, 5.41) is 2.78. The third-order valence-electron chi connectivity index (χ3n) is 4.33. The van der Waals surface area contributed by atoms with Crippen molar-refractivity contribution in [2.24, 2.45) is 0 Å². The number of hydrogen-bond donors (Lipinski definition) is 1. The Morgan fingerprint density at radius 1 is 1.14 bits per heavy atom. The highest BCUT2D eigenvalue weighted by Crippen LogP contribution is 2.17. The van der Waals surface area contributed by atoms with Gasteiger partial charge in [0.2, 0.25) is 0 Å². The van der Waals surface area contributed by atoms with Crippen LogP contribution in [0, 0.1) is 12.7 Å². The summed E-state index contributed by atoms with van der Waals surface area (Å²) in [5.74, 6) is 0.715. The Hall–Kier alpha value is -3.81. The molecule has 0 aliphatic heterocycles. The summed E-state index contributed by atoms with van der Waals surface area (Å²) >= 11 is 0. The van der Waals surface area contributed by atoms with E-state index in [-0.39, 0.29) is 18.3 Å². The van der Waals surface area contributed by atoms with Gasteiger partial charge in [-0.25, -0.2) is 19.3 Å². The van der Waals surface area contributed by atoms with Crippen molar-refractivity contribution < 1.29 is 9.18 Å². The number of rotatable bonds is 5. The molecule has 0 saturated heterocycles. The molecule has 0 fully saturated rings. The molecule has 8 heteroatoms. The molecular formula is C20H17FN6O. The molecule has 3 aromatic heterocycles. The van der Waals surface area contributed by atoms with Crippen LogP contribution in [0.3, 0.4) is 0 Å². The van der Waals surface area contributed by atoms with Gasteiger partial charge in [-0.2, -0.15) is 0 Å². The maximum absolute atomic E-state index is 14.4. The van der Waals surface area contributed by atoms with Crippen molar-refractivity contribution in [2.75, 3.05) is 0 Å². The van der Waals surface area contributed by atoms with Crippen molar-refractivity contribution >= 4 is 5.91 Å². The number of halogens is 1. The lowest BCUT2D eigenvalue weighted by Crippen LogP contribution is -2.23. The van der Waals surface area contributed by atoms with Crippen molar-refractivity contribution in [3.05, 3.63) is 90.4 Å². The molecule has 0 atom stereocenters. The lowest BCUT2D eigenvalue weighted by atomic mass is 10.2. The average Bonchev–Trinajstić information content (AvgIpc) is 3.38. The van der Waals surface area contributed by atoms with Gasteiger partial charge in [-0.3, -0.25) is 9.36 Å². The summed E-state index contributed by atoms with van der Waals surface area (Å²) in [4.78, 5) is 24.6. The number of nitrogens with zero attached hydrogens (tertiary/aromatic N) is 5. The second-order valence-electron chi connectivity index (χ2n) is 6.19. The molecule has 1 amide bonds. The van der Waals surface area contributed by atoms with E-state index in [4.69, 9.17) is 0 Å². The minimum atomic E-state index is -0.376. The number of imidazole rings is 2. The number of nitrogens with one attached hydrogen (secondary N) is 1. The molecule has 4 aromatic rings. The summed E-state index contributed by atoms with van der Waals surface area (Å²) in [7, 11) is 0. The highest BCUT2D eigenvalue weighted by atomic mass is 19.1. The number of pyridine rings is 1. The molecule has 0 unspecified atom stereocenters. The molecule has 0 saturated carbocycles. The van der Waals surface area contributed by atoms with E-state index in [9.17, 15) is 9.18 Å². The molecule has 7 nitrogen and oxygen atoms in total. The second kappa shape index (κ2) is 7.43. The lowest BCUT2D eigenvalue weighted by Gasteiger charge is -2.10. The predicted molar refractivity (Wildman–Crippen MR) is 101 cm³/mol. The standard InChI is InChI=1S/C20H17FN6O/c1-14-23-7-9-27(14)18-4-2-15(10-17(18)21)11-25-20(28)16-3-5-19(24-12-16)26-8-6-22-13-26/h2-10,12-13H,11H2,1H3,(H,25,28). The van der Waals surface area contributed by atoms with Gasteiger partial charge in [-0.15, -0.1) is 0 Å². The zero-order valence-electron chi connectivity index (χ0n) is 15.1. The Balaban J connectivity index is 1.42. The highest BCUT2D eigenvalue weighted by Gasteiger charge is 2.10. The fraction of sp³-hybridized carbons (Fsp3) is 0.100.